The van der Waals surface area contributed by atoms with E-state index in [2.05, 4.69) is 18.8 Å². The lowest BCUT2D eigenvalue weighted by molar-refractivity contribution is -0.133. The molecule has 0 amide bonds. The normalized spacial score (nSPS) is 46.2. The maximum absolute atomic E-state index is 12.6. The second-order valence-electron chi connectivity index (χ2n) is 8.15. The maximum Gasteiger partial charge on any atom is 0.178 e. The Bertz CT molecular complexity index is 786. The molecule has 122 valence electrons. The summed E-state index contributed by atoms with van der Waals surface area (Å²) >= 11 is 0. The van der Waals surface area contributed by atoms with Gasteiger partial charge in [-0.2, -0.15) is 0 Å². The van der Waals surface area contributed by atoms with Crippen molar-refractivity contribution >= 4 is 11.6 Å². The predicted molar refractivity (Wildman–Crippen MR) is 92.6 cm³/mol. The predicted octanol–water partition coefficient (Wildman–Crippen LogP) is 3.48. The van der Waals surface area contributed by atoms with Gasteiger partial charge in [0.25, 0.3) is 0 Å². The van der Waals surface area contributed by atoms with Crippen molar-refractivity contribution in [1.29, 1.82) is 0 Å². The first-order valence-corrected chi connectivity index (χ1v) is 8.86. The van der Waals surface area contributed by atoms with E-state index >= 15 is 0 Å². The van der Waals surface area contributed by atoms with Crippen LogP contribution in [-0.2, 0) is 9.59 Å². The fraction of sp³-hybridized carbons (Fsp3) is 0.545. The van der Waals surface area contributed by atoms with E-state index in [4.69, 9.17) is 12.8 Å². The second kappa shape index (κ2) is 4.73. The topological polar surface area (TPSA) is 34.1 Å². The minimum atomic E-state index is -0.587. The quantitative estimate of drug-likeness (QED) is 0.641. The molecule has 2 heteroatoms. The Morgan fingerprint density at radius 1 is 1.08 bits per heavy atom. The summed E-state index contributed by atoms with van der Waals surface area (Å²) in [5, 5.41) is 0. The van der Waals surface area contributed by atoms with Crippen LogP contribution >= 0.6 is 0 Å². The summed E-state index contributed by atoms with van der Waals surface area (Å²) in [6, 6.07) is 0. The Kier molecular flexibility index (Phi) is 3.05. The molecule has 3 unspecified atom stereocenters. The van der Waals surface area contributed by atoms with E-state index in [-0.39, 0.29) is 28.8 Å². The Hall–Kier alpha value is -2.06. The molecule has 0 spiro atoms. The molecule has 3 fully saturated rings. The Balaban J connectivity index is 1.85. The zero-order valence-corrected chi connectivity index (χ0v) is 14.1. The molecule has 0 aliphatic heterocycles. The molecule has 3 saturated carbocycles. The summed E-state index contributed by atoms with van der Waals surface area (Å²) in [6.07, 6.45) is 22.0. The largest absolute Gasteiger partial charge is 0.298 e. The number of carbonyl (C=O) groups is 2. The average Bonchev–Trinajstić information content (AvgIpc) is 2.93. The van der Waals surface area contributed by atoms with Gasteiger partial charge in [-0.3, -0.25) is 9.59 Å². The third-order valence-corrected chi connectivity index (χ3v) is 7.51. The van der Waals surface area contributed by atoms with Gasteiger partial charge < -0.3 is 0 Å². The van der Waals surface area contributed by atoms with Crippen molar-refractivity contribution in [1.82, 2.24) is 0 Å². The summed E-state index contributed by atoms with van der Waals surface area (Å²) in [4.78, 5) is 24.4. The number of carbonyl (C=O) groups excluding carboxylic acids is 2. The number of fused-ring (bicyclic) bond motifs is 5. The van der Waals surface area contributed by atoms with Gasteiger partial charge in [-0.15, -0.1) is 12.8 Å². The molecular weight excluding hydrogens is 296 g/mol. The van der Waals surface area contributed by atoms with Crippen molar-refractivity contribution < 1.29 is 9.59 Å². The smallest absolute Gasteiger partial charge is 0.178 e. The standard InChI is InChI=1S/C22H22O2/c1-4-21-12-9-16(23)14-15(21)8-11-20(3)17-6-7-19(24)22(17,5-2)13-10-18(20)21/h1-2,9,12,14,17-18H,6-8,10-11,13H2,3H3/t17?,18?,20?,21-,22-/m0/s1. The van der Waals surface area contributed by atoms with Crippen LogP contribution in [0.3, 0.4) is 0 Å². The number of rotatable bonds is 0. The Labute approximate surface area is 143 Å². The van der Waals surface area contributed by atoms with Gasteiger partial charge in [0.05, 0.1) is 10.8 Å². The van der Waals surface area contributed by atoms with Crippen LogP contribution in [0, 0.1) is 52.8 Å². The van der Waals surface area contributed by atoms with Crippen molar-refractivity contribution in [3.8, 4) is 24.7 Å². The highest BCUT2D eigenvalue weighted by Gasteiger charge is 2.65. The molecule has 24 heavy (non-hydrogen) atoms. The highest BCUT2D eigenvalue weighted by molar-refractivity contribution is 6.01. The summed E-state index contributed by atoms with van der Waals surface area (Å²) in [7, 11) is 0. The van der Waals surface area contributed by atoms with E-state index < -0.39 is 10.8 Å². The minimum Gasteiger partial charge on any atom is -0.298 e. The molecule has 0 radical (unpaired) electrons. The molecule has 0 N–H and O–H groups in total. The van der Waals surface area contributed by atoms with Crippen LogP contribution in [0.15, 0.2) is 23.8 Å². The van der Waals surface area contributed by atoms with E-state index in [0.717, 1.165) is 37.7 Å². The molecule has 0 bridgehead atoms. The van der Waals surface area contributed by atoms with Crippen LogP contribution in [0.2, 0.25) is 0 Å². The van der Waals surface area contributed by atoms with Crippen LogP contribution < -0.4 is 0 Å². The second-order valence-corrected chi connectivity index (χ2v) is 8.15. The van der Waals surface area contributed by atoms with Crippen LogP contribution in [0.25, 0.3) is 0 Å². The van der Waals surface area contributed by atoms with Gasteiger partial charge in [0.1, 0.15) is 0 Å². The van der Waals surface area contributed by atoms with Gasteiger partial charge in [-0.1, -0.05) is 24.8 Å². The molecule has 4 rings (SSSR count). The molecular formula is C22H22O2. The monoisotopic (exact) mass is 318 g/mol. The SMILES string of the molecule is C#C[C@]12C=CC(=O)C=C1CCC1(C)C2CC[C@]2(C#C)C(=O)CCC12. The van der Waals surface area contributed by atoms with Crippen LogP contribution in [-0.4, -0.2) is 11.6 Å². The van der Waals surface area contributed by atoms with E-state index in [0.29, 0.717) is 6.42 Å². The number of Topliss-reactive ketones (excluding diaryl/α,β-unsaturated/α-hetero) is 1. The van der Waals surface area contributed by atoms with Crippen molar-refractivity contribution in [2.45, 2.75) is 45.4 Å². The van der Waals surface area contributed by atoms with Crippen molar-refractivity contribution in [3.63, 3.8) is 0 Å². The third-order valence-electron chi connectivity index (χ3n) is 7.51. The lowest BCUT2D eigenvalue weighted by Crippen LogP contribution is -2.56. The lowest BCUT2D eigenvalue weighted by atomic mass is 9.42. The molecule has 4 aliphatic rings. The van der Waals surface area contributed by atoms with Gasteiger partial charge in [-0.05, 0) is 67.1 Å². The van der Waals surface area contributed by atoms with Crippen LogP contribution in [0.1, 0.15) is 45.4 Å². The first-order valence-electron chi connectivity index (χ1n) is 8.86. The van der Waals surface area contributed by atoms with Gasteiger partial charge in [0.2, 0.25) is 0 Å². The number of ketones is 2. The fourth-order valence-electron chi connectivity index (χ4n) is 6.36. The van der Waals surface area contributed by atoms with Gasteiger partial charge >= 0.3 is 0 Å². The number of allylic oxidation sites excluding steroid dienone is 4. The van der Waals surface area contributed by atoms with E-state index in [1.54, 1.807) is 12.2 Å². The molecule has 2 nitrogen and oxygen atoms in total. The molecule has 5 atom stereocenters. The maximum atomic E-state index is 12.6. The van der Waals surface area contributed by atoms with Gasteiger partial charge in [0, 0.05) is 6.42 Å². The Morgan fingerprint density at radius 2 is 1.88 bits per heavy atom. The zero-order chi connectivity index (χ0) is 17.2. The minimum absolute atomic E-state index is 0.0318. The van der Waals surface area contributed by atoms with Crippen molar-refractivity contribution in [2.75, 3.05) is 0 Å². The fourth-order valence-corrected chi connectivity index (χ4v) is 6.36. The van der Waals surface area contributed by atoms with Crippen LogP contribution in [0.4, 0.5) is 0 Å². The molecule has 4 aliphatic carbocycles. The molecule has 0 aromatic carbocycles. The van der Waals surface area contributed by atoms with E-state index in [1.165, 1.54) is 0 Å². The van der Waals surface area contributed by atoms with E-state index in [9.17, 15) is 9.59 Å². The molecule has 0 saturated heterocycles. The zero-order valence-electron chi connectivity index (χ0n) is 14.1. The summed E-state index contributed by atoms with van der Waals surface area (Å²) in [5.41, 5.74) is -0.0351. The van der Waals surface area contributed by atoms with Crippen molar-refractivity contribution in [3.05, 3.63) is 23.8 Å². The van der Waals surface area contributed by atoms with E-state index in [1.807, 2.05) is 6.08 Å². The number of hydrogen-bond donors (Lipinski definition) is 0. The van der Waals surface area contributed by atoms with Gasteiger partial charge in [0.15, 0.2) is 11.6 Å². The summed E-state index contributed by atoms with van der Waals surface area (Å²) in [5.74, 6) is 6.69. The number of hydrogen-bond acceptors (Lipinski definition) is 2. The first-order chi connectivity index (χ1) is 11.4. The highest BCUT2D eigenvalue weighted by atomic mass is 16.1. The Morgan fingerprint density at radius 3 is 2.58 bits per heavy atom. The number of terminal acetylenes is 2. The van der Waals surface area contributed by atoms with Gasteiger partial charge in [-0.25, -0.2) is 0 Å². The van der Waals surface area contributed by atoms with Crippen molar-refractivity contribution in [2.24, 2.45) is 28.1 Å². The average molecular weight is 318 g/mol. The van der Waals surface area contributed by atoms with Crippen LogP contribution in [0.5, 0.6) is 0 Å². The highest BCUT2D eigenvalue weighted by Crippen LogP contribution is 2.69. The molecule has 0 heterocycles. The lowest BCUT2D eigenvalue weighted by Gasteiger charge is -2.60. The summed E-state index contributed by atoms with van der Waals surface area (Å²) < 4.78 is 0. The summed E-state index contributed by atoms with van der Waals surface area (Å²) in [6.45, 7) is 2.28. The molecule has 0 aromatic heterocycles. The first kappa shape index (κ1) is 15.5. The third kappa shape index (κ3) is 1.60. The molecule has 0 aromatic rings.